The predicted molar refractivity (Wildman–Crippen MR) is 208 cm³/mol. The normalized spacial score (nSPS) is 13.5. The Morgan fingerprint density at radius 1 is 0.608 bits per heavy atom. The Labute approximate surface area is 312 Å². The third-order valence-corrected chi connectivity index (χ3v) is 8.70. The summed E-state index contributed by atoms with van der Waals surface area (Å²) < 4.78 is 17.1. The van der Waals surface area contributed by atoms with Crippen LogP contribution in [0.15, 0.2) is 48.6 Å². The number of likely N-dealkylation sites (N-methyl/N-ethyl adjacent to an activating group) is 1. The summed E-state index contributed by atoms with van der Waals surface area (Å²) in [5, 5.41) is 11.6. The van der Waals surface area contributed by atoms with Crippen LogP contribution in [0, 0.1) is 0 Å². The average Bonchev–Trinajstić information content (AvgIpc) is 3.08. The largest absolute Gasteiger partial charge is 0.544 e. The van der Waals surface area contributed by atoms with Crippen LogP contribution in [0.25, 0.3) is 0 Å². The highest BCUT2D eigenvalue weighted by Crippen LogP contribution is 2.13. The number of nitrogens with zero attached hydrogens (tertiary/aromatic N) is 1. The molecule has 294 valence electrons. The Balaban J connectivity index is 4.44. The summed E-state index contributed by atoms with van der Waals surface area (Å²) in [5.74, 6) is -1.80. The fourth-order valence-electron chi connectivity index (χ4n) is 5.55. The second-order valence-electron chi connectivity index (χ2n) is 14.5. The van der Waals surface area contributed by atoms with Crippen molar-refractivity contribution in [3.63, 3.8) is 0 Å². The highest BCUT2D eigenvalue weighted by Gasteiger charge is 2.25. The van der Waals surface area contributed by atoms with Crippen LogP contribution in [-0.2, 0) is 28.6 Å². The lowest BCUT2D eigenvalue weighted by Gasteiger charge is -2.34. The fourth-order valence-corrected chi connectivity index (χ4v) is 5.55. The standard InChI is InChI=1S/C43H75NO7/c1-6-8-10-12-14-16-18-20-21-22-24-25-27-29-31-33-41(45)50-38-39(37-49-36-35-40(43(47)48)44(3,4)5)51-42(46)34-32-30-28-26-23-19-17-15-13-11-9-7-2/h9,11,15-18,23,26,39-40H,6-8,10,12-14,19-22,24-25,27-38H2,1-5H3/b11-9+,17-15+,18-16+,26-23+. The molecule has 0 fully saturated rings. The maximum Gasteiger partial charge on any atom is 0.306 e. The zero-order valence-corrected chi connectivity index (χ0v) is 33.3. The van der Waals surface area contributed by atoms with Crippen molar-refractivity contribution in [2.24, 2.45) is 0 Å². The van der Waals surface area contributed by atoms with Crippen molar-refractivity contribution in [3.8, 4) is 0 Å². The summed E-state index contributed by atoms with van der Waals surface area (Å²) in [6.07, 6.45) is 38.5. The first-order valence-corrected chi connectivity index (χ1v) is 20.2. The molecule has 0 aliphatic rings. The van der Waals surface area contributed by atoms with Gasteiger partial charge in [0, 0.05) is 19.3 Å². The molecular weight excluding hydrogens is 642 g/mol. The van der Waals surface area contributed by atoms with E-state index in [1.54, 1.807) is 21.1 Å². The van der Waals surface area contributed by atoms with E-state index in [4.69, 9.17) is 14.2 Å². The first kappa shape index (κ1) is 48.3. The molecule has 8 nitrogen and oxygen atoms in total. The van der Waals surface area contributed by atoms with Gasteiger partial charge in [0.2, 0.25) is 0 Å². The van der Waals surface area contributed by atoms with Gasteiger partial charge in [0.25, 0.3) is 0 Å². The minimum Gasteiger partial charge on any atom is -0.544 e. The molecule has 0 aromatic rings. The van der Waals surface area contributed by atoms with Crippen LogP contribution in [0.5, 0.6) is 0 Å². The molecule has 0 saturated carbocycles. The fraction of sp³-hybridized carbons (Fsp3) is 0.744. The van der Waals surface area contributed by atoms with Crippen molar-refractivity contribution in [3.05, 3.63) is 48.6 Å². The predicted octanol–water partition coefficient (Wildman–Crippen LogP) is 9.13. The Morgan fingerprint density at radius 2 is 1.10 bits per heavy atom. The number of carboxylic acids is 1. The maximum atomic E-state index is 12.6. The number of rotatable bonds is 35. The van der Waals surface area contributed by atoms with Crippen molar-refractivity contribution in [1.82, 2.24) is 0 Å². The van der Waals surface area contributed by atoms with Gasteiger partial charge < -0.3 is 28.6 Å². The zero-order chi connectivity index (χ0) is 37.8. The SMILES string of the molecule is CC/C=C/C/C=C/C/C=C/CCCCC(=O)OC(COCCC(C(=O)[O-])[N+](C)(C)C)COC(=O)CCCCCCCCC/C=C/CCCCCC. The van der Waals surface area contributed by atoms with Crippen molar-refractivity contribution >= 4 is 17.9 Å². The second kappa shape index (κ2) is 34.4. The number of hydrogen-bond acceptors (Lipinski definition) is 7. The third-order valence-electron chi connectivity index (χ3n) is 8.70. The first-order chi connectivity index (χ1) is 24.6. The van der Waals surface area contributed by atoms with Crippen LogP contribution < -0.4 is 5.11 Å². The number of esters is 2. The number of quaternary nitrogens is 1. The van der Waals surface area contributed by atoms with Crippen LogP contribution in [0.1, 0.15) is 155 Å². The summed E-state index contributed by atoms with van der Waals surface area (Å²) in [5.41, 5.74) is 0. The molecule has 0 amide bonds. The summed E-state index contributed by atoms with van der Waals surface area (Å²) >= 11 is 0. The van der Waals surface area contributed by atoms with E-state index < -0.39 is 18.1 Å². The Hall–Kier alpha value is -2.71. The van der Waals surface area contributed by atoms with Crippen molar-refractivity contribution in [2.45, 2.75) is 167 Å². The molecule has 0 aliphatic heterocycles. The van der Waals surface area contributed by atoms with Gasteiger partial charge in [-0.2, -0.15) is 0 Å². The summed E-state index contributed by atoms with van der Waals surface area (Å²) in [4.78, 5) is 36.7. The van der Waals surface area contributed by atoms with E-state index in [2.05, 4.69) is 62.5 Å². The van der Waals surface area contributed by atoms with Gasteiger partial charge in [-0.3, -0.25) is 9.59 Å². The topological polar surface area (TPSA) is 102 Å². The van der Waals surface area contributed by atoms with Crippen molar-refractivity contribution in [2.75, 3.05) is 41.0 Å². The lowest BCUT2D eigenvalue weighted by molar-refractivity contribution is -0.889. The molecule has 0 aromatic carbocycles. The Morgan fingerprint density at radius 3 is 1.69 bits per heavy atom. The molecule has 0 radical (unpaired) electrons. The molecule has 2 atom stereocenters. The van der Waals surface area contributed by atoms with Gasteiger partial charge in [0.1, 0.15) is 12.6 Å². The molecule has 8 heteroatoms. The van der Waals surface area contributed by atoms with Crippen LogP contribution in [-0.4, -0.2) is 75.5 Å². The van der Waals surface area contributed by atoms with Gasteiger partial charge in [-0.1, -0.05) is 114 Å². The van der Waals surface area contributed by atoms with Crippen LogP contribution >= 0.6 is 0 Å². The minimum absolute atomic E-state index is 0.0230. The van der Waals surface area contributed by atoms with Gasteiger partial charge in [-0.15, -0.1) is 0 Å². The summed E-state index contributed by atoms with van der Waals surface area (Å²) in [7, 11) is 5.38. The van der Waals surface area contributed by atoms with Gasteiger partial charge in [0.15, 0.2) is 6.10 Å². The van der Waals surface area contributed by atoms with Gasteiger partial charge in [-0.05, 0) is 70.6 Å². The number of ether oxygens (including phenoxy) is 3. The number of carboxylic acid groups (broad SMARTS) is 1. The molecular formula is C43H75NO7. The molecule has 0 saturated heterocycles. The van der Waals surface area contributed by atoms with E-state index in [-0.39, 0.29) is 49.1 Å². The van der Waals surface area contributed by atoms with Crippen LogP contribution in [0.3, 0.4) is 0 Å². The van der Waals surface area contributed by atoms with E-state index in [1.807, 2.05) is 0 Å². The van der Waals surface area contributed by atoms with E-state index in [0.717, 1.165) is 51.4 Å². The highest BCUT2D eigenvalue weighted by atomic mass is 16.6. The highest BCUT2D eigenvalue weighted by molar-refractivity contribution is 5.70. The second-order valence-corrected chi connectivity index (χ2v) is 14.5. The van der Waals surface area contributed by atoms with Crippen molar-refractivity contribution < 1.29 is 38.2 Å². The first-order valence-electron chi connectivity index (χ1n) is 20.2. The van der Waals surface area contributed by atoms with Gasteiger partial charge in [0.05, 0.1) is 40.3 Å². The lowest BCUT2D eigenvalue weighted by Crippen LogP contribution is -2.55. The van der Waals surface area contributed by atoms with Gasteiger partial charge in [-0.25, -0.2) is 0 Å². The monoisotopic (exact) mass is 718 g/mol. The Bertz CT molecular complexity index is 979. The molecule has 0 rings (SSSR count). The lowest BCUT2D eigenvalue weighted by atomic mass is 10.1. The van der Waals surface area contributed by atoms with Gasteiger partial charge >= 0.3 is 11.9 Å². The average molecular weight is 718 g/mol. The molecule has 0 N–H and O–H groups in total. The number of carbonyl (C=O) groups excluding carboxylic acids is 3. The van der Waals surface area contributed by atoms with E-state index >= 15 is 0 Å². The number of allylic oxidation sites excluding steroid dienone is 8. The summed E-state index contributed by atoms with van der Waals surface area (Å²) in [6, 6.07) is -0.732. The number of aliphatic carboxylic acids is 1. The number of carbonyl (C=O) groups is 3. The maximum absolute atomic E-state index is 12.6. The Kier molecular flexibility index (Phi) is 32.6. The van der Waals surface area contributed by atoms with E-state index in [9.17, 15) is 19.5 Å². The third kappa shape index (κ3) is 32.9. The van der Waals surface area contributed by atoms with Crippen LogP contribution in [0.4, 0.5) is 0 Å². The van der Waals surface area contributed by atoms with Crippen LogP contribution in [0.2, 0.25) is 0 Å². The molecule has 0 spiro atoms. The molecule has 0 heterocycles. The number of hydrogen-bond donors (Lipinski definition) is 0. The smallest absolute Gasteiger partial charge is 0.306 e. The molecule has 2 unspecified atom stereocenters. The minimum atomic E-state index is -1.13. The molecule has 51 heavy (non-hydrogen) atoms. The van der Waals surface area contributed by atoms with E-state index in [1.165, 1.54) is 64.2 Å². The quantitative estimate of drug-likeness (QED) is 0.0279. The summed E-state index contributed by atoms with van der Waals surface area (Å²) in [6.45, 7) is 4.47. The zero-order valence-electron chi connectivity index (χ0n) is 33.3. The van der Waals surface area contributed by atoms with Crippen molar-refractivity contribution in [1.29, 1.82) is 0 Å². The van der Waals surface area contributed by atoms with E-state index in [0.29, 0.717) is 12.8 Å². The molecule has 0 aliphatic carbocycles. The molecule has 0 bridgehead atoms. The number of unbranched alkanes of at least 4 members (excludes halogenated alkanes) is 13. The molecule has 0 aromatic heterocycles.